The van der Waals surface area contributed by atoms with Crippen LogP contribution in [0.1, 0.15) is 35.0 Å². The Morgan fingerprint density at radius 1 is 1.42 bits per heavy atom. The molecule has 0 radical (unpaired) electrons. The quantitative estimate of drug-likeness (QED) is 0.501. The van der Waals surface area contributed by atoms with E-state index in [1.807, 2.05) is 0 Å². The van der Waals surface area contributed by atoms with Gasteiger partial charge in [0.1, 0.15) is 11.6 Å². The van der Waals surface area contributed by atoms with Gasteiger partial charge in [-0.2, -0.15) is 0 Å². The van der Waals surface area contributed by atoms with Gasteiger partial charge in [0.15, 0.2) is 5.78 Å². The molecule has 0 fully saturated rings. The molecule has 0 aliphatic heterocycles. The number of aliphatic carboxylic acids is 1. The highest BCUT2D eigenvalue weighted by Gasteiger charge is 2.21. The lowest BCUT2D eigenvalue weighted by Gasteiger charge is -2.09. The number of hydrogen-bond donors (Lipinski definition) is 1. The molecule has 0 saturated heterocycles. The molecule has 130 valence electrons. The van der Waals surface area contributed by atoms with E-state index in [2.05, 4.69) is 15.9 Å². The molecule has 24 heavy (non-hydrogen) atoms. The second-order valence-electron chi connectivity index (χ2n) is 5.55. The summed E-state index contributed by atoms with van der Waals surface area (Å²) in [5.41, 5.74) is 0.500. The van der Waals surface area contributed by atoms with Gasteiger partial charge in [-0.15, -0.1) is 11.3 Å². The SMILES string of the molecule is COc1cc2sc(C(=O)CC(C)C(=O)O)cc2c(F)c1CCCBr. The van der Waals surface area contributed by atoms with Crippen molar-refractivity contribution in [1.82, 2.24) is 0 Å². The van der Waals surface area contributed by atoms with Crippen molar-refractivity contribution in [3.63, 3.8) is 0 Å². The summed E-state index contributed by atoms with van der Waals surface area (Å²) in [6, 6.07) is 3.26. The van der Waals surface area contributed by atoms with Crippen LogP contribution in [0.15, 0.2) is 12.1 Å². The van der Waals surface area contributed by atoms with E-state index < -0.39 is 11.9 Å². The standard InChI is InChI=1S/C17H18BrFO4S/c1-9(17(21)22)6-12(20)15-7-11-14(24-15)8-13(23-2)10(16(11)19)4-3-5-18/h7-9H,3-6H2,1-2H3,(H,21,22). The molecule has 7 heteroatoms. The van der Waals surface area contributed by atoms with Crippen molar-refractivity contribution in [3.05, 3.63) is 28.4 Å². The lowest BCUT2D eigenvalue weighted by atomic mass is 10.0. The maximum atomic E-state index is 14.8. The van der Waals surface area contributed by atoms with Crippen LogP contribution in [0.2, 0.25) is 0 Å². The van der Waals surface area contributed by atoms with Crippen LogP contribution >= 0.6 is 27.3 Å². The lowest BCUT2D eigenvalue weighted by Crippen LogP contribution is -2.13. The normalized spacial score (nSPS) is 12.3. The highest BCUT2D eigenvalue weighted by Crippen LogP contribution is 2.36. The highest BCUT2D eigenvalue weighted by molar-refractivity contribution is 9.09. The van der Waals surface area contributed by atoms with Crippen molar-refractivity contribution in [1.29, 1.82) is 0 Å². The summed E-state index contributed by atoms with van der Waals surface area (Å²) in [5.74, 6) is -1.97. The zero-order chi connectivity index (χ0) is 17.9. The molecular formula is C17H18BrFO4S. The van der Waals surface area contributed by atoms with Gasteiger partial charge >= 0.3 is 5.97 Å². The molecule has 0 saturated carbocycles. The van der Waals surface area contributed by atoms with Crippen LogP contribution in [0, 0.1) is 11.7 Å². The number of carboxylic acid groups (broad SMARTS) is 1. The van der Waals surface area contributed by atoms with E-state index in [9.17, 15) is 14.0 Å². The molecule has 2 rings (SSSR count). The lowest BCUT2D eigenvalue weighted by molar-refractivity contribution is -0.141. The fourth-order valence-electron chi connectivity index (χ4n) is 2.42. The van der Waals surface area contributed by atoms with Crippen molar-refractivity contribution in [2.45, 2.75) is 26.2 Å². The van der Waals surface area contributed by atoms with Gasteiger partial charge in [-0.1, -0.05) is 22.9 Å². The molecule has 0 amide bonds. The van der Waals surface area contributed by atoms with Crippen LogP contribution in [0.3, 0.4) is 0 Å². The van der Waals surface area contributed by atoms with Crippen LogP contribution in [0.5, 0.6) is 5.75 Å². The van der Waals surface area contributed by atoms with E-state index in [0.717, 1.165) is 23.1 Å². The maximum absolute atomic E-state index is 14.8. The van der Waals surface area contributed by atoms with Gasteiger partial charge < -0.3 is 9.84 Å². The third-order valence-electron chi connectivity index (χ3n) is 3.79. The smallest absolute Gasteiger partial charge is 0.306 e. The minimum atomic E-state index is -1.02. The number of thiophene rings is 1. The largest absolute Gasteiger partial charge is 0.496 e. The number of hydrogen-bond acceptors (Lipinski definition) is 4. The number of carbonyl (C=O) groups excluding carboxylic acids is 1. The van der Waals surface area contributed by atoms with Crippen LogP contribution in [-0.2, 0) is 11.2 Å². The fourth-order valence-corrected chi connectivity index (χ4v) is 3.74. The number of rotatable bonds is 8. The molecule has 0 aliphatic carbocycles. The number of carboxylic acids is 1. The second-order valence-corrected chi connectivity index (χ2v) is 7.43. The Morgan fingerprint density at radius 2 is 2.12 bits per heavy atom. The first-order valence-corrected chi connectivity index (χ1v) is 9.43. The maximum Gasteiger partial charge on any atom is 0.306 e. The van der Waals surface area contributed by atoms with Gasteiger partial charge in [-0.05, 0) is 25.0 Å². The first kappa shape index (κ1) is 18.9. The predicted molar refractivity (Wildman–Crippen MR) is 96.2 cm³/mol. The van der Waals surface area contributed by atoms with Crippen molar-refractivity contribution in [3.8, 4) is 5.75 Å². The summed E-state index contributed by atoms with van der Waals surface area (Å²) >= 11 is 4.50. The van der Waals surface area contributed by atoms with Gasteiger partial charge in [-0.3, -0.25) is 9.59 Å². The summed E-state index contributed by atoms with van der Waals surface area (Å²) in [7, 11) is 1.49. The molecule has 1 N–H and O–H groups in total. The molecule has 1 heterocycles. The van der Waals surface area contributed by atoms with Crippen LogP contribution in [-0.4, -0.2) is 29.3 Å². The summed E-state index contributed by atoms with van der Waals surface area (Å²) < 4.78 is 20.7. The van der Waals surface area contributed by atoms with Crippen molar-refractivity contribution >= 4 is 49.1 Å². The number of methoxy groups -OCH3 is 1. The fraction of sp³-hybridized carbons (Fsp3) is 0.412. The minimum absolute atomic E-state index is 0.0998. The summed E-state index contributed by atoms with van der Waals surface area (Å²) in [4.78, 5) is 23.5. The molecule has 0 spiro atoms. The second kappa shape index (κ2) is 8.07. The Hall–Kier alpha value is -1.47. The zero-order valence-electron chi connectivity index (χ0n) is 13.4. The average molecular weight is 417 g/mol. The number of alkyl halides is 1. The van der Waals surface area contributed by atoms with Crippen LogP contribution in [0.25, 0.3) is 10.1 Å². The van der Waals surface area contributed by atoms with E-state index in [1.54, 1.807) is 6.07 Å². The van der Waals surface area contributed by atoms with Gasteiger partial charge in [0.05, 0.1) is 17.9 Å². The zero-order valence-corrected chi connectivity index (χ0v) is 15.8. The summed E-state index contributed by atoms with van der Waals surface area (Å²) in [5, 5.41) is 10.1. The number of ether oxygens (including phenoxy) is 1. The molecule has 1 atom stereocenters. The molecule has 1 aromatic carbocycles. The van der Waals surface area contributed by atoms with E-state index in [-0.39, 0.29) is 18.0 Å². The van der Waals surface area contributed by atoms with Crippen molar-refractivity contribution in [2.24, 2.45) is 5.92 Å². The third kappa shape index (κ3) is 3.95. The van der Waals surface area contributed by atoms with E-state index >= 15 is 0 Å². The summed E-state index contributed by atoms with van der Waals surface area (Å²) in [6.07, 6.45) is 1.20. The highest BCUT2D eigenvalue weighted by atomic mass is 79.9. The Kier molecular flexibility index (Phi) is 6.34. The van der Waals surface area contributed by atoms with E-state index in [4.69, 9.17) is 9.84 Å². The van der Waals surface area contributed by atoms with Gasteiger partial charge in [-0.25, -0.2) is 4.39 Å². The monoisotopic (exact) mass is 416 g/mol. The number of benzene rings is 1. The number of halogens is 2. The molecule has 1 aromatic heterocycles. The number of fused-ring (bicyclic) bond motifs is 1. The van der Waals surface area contributed by atoms with E-state index in [1.165, 1.54) is 20.1 Å². The van der Waals surface area contributed by atoms with Gasteiger partial charge in [0, 0.05) is 27.4 Å². The van der Waals surface area contributed by atoms with Crippen LogP contribution < -0.4 is 4.74 Å². The van der Waals surface area contributed by atoms with Crippen LogP contribution in [0.4, 0.5) is 4.39 Å². The first-order valence-electron chi connectivity index (χ1n) is 7.49. The summed E-state index contributed by atoms with van der Waals surface area (Å²) in [6.45, 7) is 1.48. The van der Waals surface area contributed by atoms with Gasteiger partial charge in [0.25, 0.3) is 0 Å². The Labute approximate surface area is 151 Å². The minimum Gasteiger partial charge on any atom is -0.496 e. The molecule has 2 aromatic rings. The Morgan fingerprint density at radius 3 is 2.71 bits per heavy atom. The Balaban J connectivity index is 2.41. The topological polar surface area (TPSA) is 63.6 Å². The number of ketones is 1. The first-order chi connectivity index (χ1) is 11.4. The molecule has 0 aliphatic rings. The molecule has 4 nitrogen and oxygen atoms in total. The van der Waals surface area contributed by atoms with Crippen molar-refractivity contribution < 1.29 is 23.8 Å². The number of Topliss-reactive ketones (excluding diaryl/α,β-unsaturated/α-hetero) is 1. The molecule has 0 bridgehead atoms. The van der Waals surface area contributed by atoms with Gasteiger partial charge in [0.2, 0.25) is 0 Å². The predicted octanol–water partition coefficient (Wildman–Crippen LogP) is 4.67. The molecular weight excluding hydrogens is 399 g/mol. The van der Waals surface area contributed by atoms with Crippen molar-refractivity contribution in [2.75, 3.05) is 12.4 Å². The molecule has 1 unspecified atom stereocenters. The number of carbonyl (C=O) groups is 2. The van der Waals surface area contributed by atoms with E-state index in [0.29, 0.717) is 32.7 Å². The Bertz CT molecular complexity index is 772. The third-order valence-corrected chi connectivity index (χ3v) is 5.47. The average Bonchev–Trinajstić information content (AvgIpc) is 2.98.